The van der Waals surface area contributed by atoms with Crippen molar-refractivity contribution in [2.75, 3.05) is 11.6 Å². The number of nitrogens with zero attached hydrogens (tertiary/aromatic N) is 2. The zero-order chi connectivity index (χ0) is 9.54. The Balaban J connectivity index is 0.000000640. The molecule has 0 unspecified atom stereocenters. The van der Waals surface area contributed by atoms with Crippen molar-refractivity contribution in [3.63, 3.8) is 0 Å². The van der Waals surface area contributed by atoms with Crippen LogP contribution in [-0.4, -0.2) is 17.4 Å². The maximum absolute atomic E-state index is 11.3. The van der Waals surface area contributed by atoms with E-state index >= 15 is 0 Å². The van der Waals surface area contributed by atoms with Gasteiger partial charge in [0, 0.05) is 11.6 Å². The zero-order valence-electron chi connectivity index (χ0n) is 9.47. The first-order valence-corrected chi connectivity index (χ1v) is 4.48. The molecule has 5 heteroatoms. The van der Waals surface area contributed by atoms with Crippen molar-refractivity contribution in [3.05, 3.63) is 41.1 Å². The molecule has 0 aliphatic carbocycles. The standard InChI is InChI=1S/C10H9N3O.Na.H/c14-13-10-6-5-8-3-1-2-4-9(8)12(10)7-11-13;;/h1-6,11H,7H2;;/q;+1;-1. The molecule has 2 aliphatic rings. The minimum atomic E-state index is 0. The molecule has 0 saturated carbocycles. The fourth-order valence-corrected chi connectivity index (χ4v) is 1.81. The van der Waals surface area contributed by atoms with E-state index in [4.69, 9.17) is 0 Å². The quantitative estimate of drug-likeness (QED) is 0.307. The molecule has 0 saturated heterocycles. The molecule has 0 spiro atoms. The first kappa shape index (κ1) is 10.5. The molecule has 0 amide bonds. The number of hydrogen-bond acceptors (Lipinski definition) is 3. The Kier molecular flexibility index (Phi) is 2.73. The molecule has 0 atom stereocenters. The number of rotatable bonds is 0. The van der Waals surface area contributed by atoms with Crippen LogP contribution in [-0.2, 0) is 0 Å². The van der Waals surface area contributed by atoms with Gasteiger partial charge in [0.15, 0.2) is 6.67 Å². The summed E-state index contributed by atoms with van der Waals surface area (Å²) in [5.41, 5.74) is 4.94. The summed E-state index contributed by atoms with van der Waals surface area (Å²) in [5.74, 6) is 0.656. The third-order valence-electron chi connectivity index (χ3n) is 2.50. The van der Waals surface area contributed by atoms with Crippen LogP contribution in [0, 0.1) is 5.21 Å². The number of nitrogens with one attached hydrogen (secondary N) is 1. The van der Waals surface area contributed by atoms with E-state index in [9.17, 15) is 5.21 Å². The Morgan fingerprint density at radius 2 is 2.13 bits per heavy atom. The van der Waals surface area contributed by atoms with Gasteiger partial charge < -0.3 is 6.63 Å². The maximum Gasteiger partial charge on any atom is 1.00 e. The van der Waals surface area contributed by atoms with Gasteiger partial charge in [-0.25, -0.2) is 10.3 Å². The number of hydrazine groups is 1. The third kappa shape index (κ3) is 1.55. The van der Waals surface area contributed by atoms with Crippen LogP contribution >= 0.6 is 0 Å². The Labute approximate surface area is 111 Å². The minimum absolute atomic E-state index is 0. The van der Waals surface area contributed by atoms with Crippen molar-refractivity contribution in [2.24, 2.45) is 0 Å². The maximum atomic E-state index is 11.3. The number of para-hydroxylation sites is 1. The van der Waals surface area contributed by atoms with Gasteiger partial charge in [-0.1, -0.05) is 18.2 Å². The summed E-state index contributed by atoms with van der Waals surface area (Å²) in [4.78, 5) is 2.76. The zero-order valence-corrected chi connectivity index (χ0v) is 10.5. The van der Waals surface area contributed by atoms with E-state index in [1.807, 2.05) is 41.3 Å². The molecule has 0 radical (unpaired) electrons. The van der Waals surface area contributed by atoms with Gasteiger partial charge in [0.05, 0.1) is 0 Å². The van der Waals surface area contributed by atoms with Gasteiger partial charge >= 0.3 is 35.4 Å². The predicted octanol–water partition coefficient (Wildman–Crippen LogP) is -1.98. The number of hydrazone groups is 1. The molecule has 72 valence electrons. The monoisotopic (exact) mass is 211 g/mol. The van der Waals surface area contributed by atoms with E-state index in [0.717, 1.165) is 16.1 Å². The van der Waals surface area contributed by atoms with E-state index in [-0.39, 0.29) is 31.0 Å². The third-order valence-corrected chi connectivity index (χ3v) is 2.50. The van der Waals surface area contributed by atoms with Gasteiger partial charge in [-0.05, 0) is 12.1 Å². The second-order valence-electron chi connectivity index (χ2n) is 3.29. The van der Waals surface area contributed by atoms with Gasteiger partial charge in [-0.15, -0.1) is 0 Å². The molecule has 0 fully saturated rings. The molecule has 2 heterocycles. The Hall–Kier alpha value is -0.970. The molecule has 0 aromatic heterocycles. The smallest absolute Gasteiger partial charge is 1.00 e. The first-order valence-electron chi connectivity index (χ1n) is 4.48. The molecular formula is C10H10N3NaO. The minimum Gasteiger partial charge on any atom is -1.00 e. The second-order valence-corrected chi connectivity index (χ2v) is 3.29. The Bertz CT molecular complexity index is 461. The van der Waals surface area contributed by atoms with Crippen LogP contribution in [0.25, 0.3) is 6.08 Å². The largest absolute Gasteiger partial charge is 1.00 e. The predicted molar refractivity (Wildman–Crippen MR) is 55.7 cm³/mol. The summed E-state index contributed by atoms with van der Waals surface area (Å²) in [6.45, 7) is 0.542. The first-order chi connectivity index (χ1) is 6.86. The van der Waals surface area contributed by atoms with Crippen molar-refractivity contribution in [2.45, 2.75) is 0 Å². The van der Waals surface area contributed by atoms with Crippen LogP contribution in [0.4, 0.5) is 5.69 Å². The molecule has 1 aromatic carbocycles. The molecular weight excluding hydrogens is 201 g/mol. The van der Waals surface area contributed by atoms with Crippen LogP contribution in [0.3, 0.4) is 0 Å². The molecule has 2 aliphatic heterocycles. The van der Waals surface area contributed by atoms with E-state index in [1.165, 1.54) is 0 Å². The van der Waals surface area contributed by atoms with Crippen LogP contribution in [0.2, 0.25) is 0 Å². The molecule has 3 rings (SSSR count). The molecule has 1 N–H and O–H groups in total. The Morgan fingerprint density at radius 1 is 1.33 bits per heavy atom. The molecule has 1 aromatic rings. The van der Waals surface area contributed by atoms with Crippen molar-refractivity contribution in [3.8, 4) is 0 Å². The SMILES string of the molecule is [H-].[Na+].[O-][N+]1=C2C=Cc3ccccc3N2CN1. The number of hydrogen-bond donors (Lipinski definition) is 1. The second kappa shape index (κ2) is 3.89. The molecule has 0 bridgehead atoms. The van der Waals surface area contributed by atoms with E-state index < -0.39 is 0 Å². The van der Waals surface area contributed by atoms with Crippen molar-refractivity contribution >= 4 is 17.6 Å². The fourth-order valence-electron chi connectivity index (χ4n) is 1.81. The van der Waals surface area contributed by atoms with Crippen molar-refractivity contribution in [1.29, 1.82) is 0 Å². The fraction of sp³-hybridized carbons (Fsp3) is 0.100. The van der Waals surface area contributed by atoms with E-state index in [0.29, 0.717) is 12.5 Å². The summed E-state index contributed by atoms with van der Waals surface area (Å²) in [6.07, 6.45) is 3.79. The van der Waals surface area contributed by atoms with Crippen molar-refractivity contribution in [1.82, 2.24) is 5.43 Å². The number of fused-ring (bicyclic) bond motifs is 3. The summed E-state index contributed by atoms with van der Waals surface area (Å²) < 4.78 is 0. The van der Waals surface area contributed by atoms with E-state index in [1.54, 1.807) is 0 Å². The van der Waals surface area contributed by atoms with Gasteiger partial charge in [0.25, 0.3) is 0 Å². The summed E-state index contributed by atoms with van der Waals surface area (Å²) in [5, 5.41) is 11.3. The number of amidine groups is 1. The number of benzene rings is 1. The van der Waals surface area contributed by atoms with Crippen LogP contribution in [0.1, 0.15) is 6.99 Å². The van der Waals surface area contributed by atoms with Crippen LogP contribution < -0.4 is 39.9 Å². The normalized spacial score (nSPS) is 16.7. The number of anilines is 1. The average molecular weight is 211 g/mol. The summed E-state index contributed by atoms with van der Waals surface area (Å²) >= 11 is 0. The van der Waals surface area contributed by atoms with Crippen molar-refractivity contribution < 1.29 is 35.8 Å². The van der Waals surface area contributed by atoms with Gasteiger partial charge in [0.1, 0.15) is 5.69 Å². The molecule has 15 heavy (non-hydrogen) atoms. The van der Waals surface area contributed by atoms with Crippen LogP contribution in [0.15, 0.2) is 30.3 Å². The average Bonchev–Trinajstić information content (AvgIpc) is 2.61. The molecule has 4 nitrogen and oxygen atoms in total. The van der Waals surface area contributed by atoms with Gasteiger partial charge in [-0.2, -0.15) is 4.85 Å². The van der Waals surface area contributed by atoms with Crippen LogP contribution in [0.5, 0.6) is 0 Å². The topological polar surface area (TPSA) is 41.3 Å². The Morgan fingerprint density at radius 3 is 3.00 bits per heavy atom. The van der Waals surface area contributed by atoms with E-state index in [2.05, 4.69) is 5.43 Å². The summed E-state index contributed by atoms with van der Waals surface area (Å²) in [6, 6.07) is 8.02. The van der Waals surface area contributed by atoms with Gasteiger partial charge in [0.2, 0.25) is 0 Å². The van der Waals surface area contributed by atoms with Gasteiger partial charge in [-0.3, -0.25) is 0 Å². The summed E-state index contributed by atoms with van der Waals surface area (Å²) in [7, 11) is 0.